The summed E-state index contributed by atoms with van der Waals surface area (Å²) in [5.41, 5.74) is -0.162. The van der Waals surface area contributed by atoms with Crippen molar-refractivity contribution in [1.82, 2.24) is 14.7 Å². The Kier molecular flexibility index (Phi) is 16.0. The fourth-order valence-corrected chi connectivity index (χ4v) is 10.8. The predicted molar refractivity (Wildman–Crippen MR) is 262 cm³/mol. The van der Waals surface area contributed by atoms with Gasteiger partial charge in [-0.3, -0.25) is 19.5 Å². The molecule has 2 saturated heterocycles. The maximum Gasteiger partial charge on any atom is 0.410 e. The molecule has 0 aliphatic carbocycles. The number of Topliss-reactive ketones (excluding diaryl/α,β-unsaturated/α-hetero) is 1. The van der Waals surface area contributed by atoms with Crippen LogP contribution in [0, 0.1) is 36.5 Å². The van der Waals surface area contributed by atoms with E-state index in [4.69, 9.17) is 23.9 Å². The van der Waals surface area contributed by atoms with E-state index in [0.717, 1.165) is 6.54 Å². The van der Waals surface area contributed by atoms with E-state index in [2.05, 4.69) is 34.0 Å². The average Bonchev–Trinajstić information content (AvgIpc) is 3.70. The number of methoxy groups -OCH3 is 1. The molecule has 2 aromatic carbocycles. The number of β-amino-alcohol motifs (C(OH)–C–C–N with tert-alkyl or cyclic N) is 1. The number of piperidine rings is 1. The molecule has 6 heterocycles. The van der Waals surface area contributed by atoms with Crippen molar-refractivity contribution in [1.29, 1.82) is 0 Å². The minimum atomic E-state index is -1.99. The first-order valence-electron chi connectivity index (χ1n) is 24.8. The molecule has 0 saturated carbocycles. The summed E-state index contributed by atoms with van der Waals surface area (Å²) in [6.07, 6.45) is 4.95. The van der Waals surface area contributed by atoms with Gasteiger partial charge in [0.25, 0.3) is 11.7 Å². The molecule has 6 aliphatic heterocycles. The number of aliphatic hydroxyl groups excluding tert-OH is 3. The second-order valence-electron chi connectivity index (χ2n) is 20.7. The molecule has 6 N–H and O–H groups in total. The van der Waals surface area contributed by atoms with Gasteiger partial charge in [-0.1, -0.05) is 59.8 Å². The topological polar surface area (TPSA) is 236 Å². The number of nitrogens with one attached hydrogen (secondary N) is 1. The number of fused-ring (bicyclic) bond motifs is 13. The Bertz CT molecular complexity index is 2540. The van der Waals surface area contributed by atoms with Crippen LogP contribution in [0.1, 0.15) is 90.6 Å². The number of ketones is 1. The molecular formula is C52H74N6O12. The molecule has 2 fully saturated rings. The molecule has 70 heavy (non-hydrogen) atoms. The molecule has 1 spiro atoms. The molecule has 384 valence electrons. The highest BCUT2D eigenvalue weighted by Gasteiger charge is 2.51. The Morgan fingerprint density at radius 2 is 1.63 bits per heavy atom. The van der Waals surface area contributed by atoms with Crippen LogP contribution in [0.15, 0.2) is 46.1 Å². The zero-order chi connectivity index (χ0) is 51.0. The van der Waals surface area contributed by atoms with E-state index in [1.165, 1.54) is 20.3 Å². The third-order valence-electron chi connectivity index (χ3n) is 15.1. The van der Waals surface area contributed by atoms with Crippen molar-refractivity contribution < 1.29 is 58.9 Å². The van der Waals surface area contributed by atoms with Crippen molar-refractivity contribution in [2.45, 2.75) is 117 Å². The van der Waals surface area contributed by atoms with Crippen LogP contribution < -0.4 is 20.8 Å². The van der Waals surface area contributed by atoms with Crippen molar-refractivity contribution >= 4 is 34.2 Å². The molecule has 2 aromatic rings. The predicted octanol–water partition coefficient (Wildman–Crippen LogP) is 4.32. The number of anilines is 1. The van der Waals surface area contributed by atoms with Gasteiger partial charge >= 0.3 is 11.9 Å². The molecule has 0 unspecified atom stereocenters. The molecular weight excluding hydrogens is 901 g/mol. The summed E-state index contributed by atoms with van der Waals surface area (Å²) in [5.74, 6) is -6.31. The van der Waals surface area contributed by atoms with E-state index in [-0.39, 0.29) is 56.3 Å². The van der Waals surface area contributed by atoms with Crippen LogP contribution >= 0.6 is 0 Å². The van der Waals surface area contributed by atoms with Crippen LogP contribution in [0.4, 0.5) is 10.5 Å². The number of nitrogens with zero attached hydrogens (tertiary/aromatic N) is 5. The van der Waals surface area contributed by atoms with Crippen LogP contribution in [0.5, 0.6) is 17.2 Å². The van der Waals surface area contributed by atoms with Gasteiger partial charge in [0.2, 0.25) is 0 Å². The number of likely N-dealkylation sites (tertiary alicyclic amines) is 1. The first-order chi connectivity index (χ1) is 33.1. The summed E-state index contributed by atoms with van der Waals surface area (Å²) in [5, 5.41) is 61.0. The lowest BCUT2D eigenvalue weighted by atomic mass is 9.78. The van der Waals surface area contributed by atoms with E-state index < -0.39 is 83.1 Å². The molecule has 18 nitrogen and oxygen atoms in total. The summed E-state index contributed by atoms with van der Waals surface area (Å²) in [7, 11) is 1.48. The Morgan fingerprint density at radius 3 is 2.30 bits per heavy atom. The van der Waals surface area contributed by atoms with Gasteiger partial charge in [-0.2, -0.15) is 0 Å². The number of benzene rings is 2. The lowest BCUT2D eigenvalue weighted by molar-refractivity contribution is -0.114. The maximum atomic E-state index is 14.9. The minimum Gasteiger partial charge on any atom is -0.507 e. The SMILES string of the molecule is CO[C@H]1/C=C/O[C@@]2(C)Oc3c(C)c(O)c4c(O)c(c5c(c4c3C2=O)NC2(CCN(CC(C)C)CC2)N=5)=NC(=O)/C(C)=C\C=C\[C@H](C)[C@H](O)[C@@H](C)[C@@H](O)[C@@H](C)[C@H](OC(=O)N2CCCN(CCO)CC2)[C@@H]1C. The molecule has 2 amide bonds. The molecule has 0 aromatic heterocycles. The standard InChI is InChI=1S/C52H74N6O12/c1-28(2)27-57-20-16-52(17-21-57)54-39-36-37-44(62)34(8)47-38(36)48(64)51(9,70-47)68-26-15-35(67-10)31(5)46(69-50(66)58-19-12-18-56(22-23-58)24-25-59)33(7)43(61)32(6)42(60)29(3)13-11-14-30(4)49(65)53-41(45(37)63)40(39)55-52/h11,13-15,26,28-29,31-33,35,42-43,46,54,59-63H,12,16-25,27H2,1-10H3/b13-11+,26-15+,30-14-,53-41?/t29-,31+,32+,33+,35-,42-,43+,46+,51-/m0/s1. The van der Waals surface area contributed by atoms with Gasteiger partial charge in [0.1, 0.15) is 34.0 Å². The lowest BCUT2D eigenvalue weighted by Gasteiger charge is -2.38. The third kappa shape index (κ3) is 10.3. The van der Waals surface area contributed by atoms with E-state index in [1.54, 1.807) is 63.8 Å². The summed E-state index contributed by atoms with van der Waals surface area (Å²) in [4.78, 5) is 58.6. The number of allylic oxidation sites excluding steroid dienone is 2. The monoisotopic (exact) mass is 975 g/mol. The van der Waals surface area contributed by atoms with Crippen LogP contribution in [-0.4, -0.2) is 160 Å². The second-order valence-corrected chi connectivity index (χ2v) is 20.7. The van der Waals surface area contributed by atoms with Crippen molar-refractivity contribution in [3.63, 3.8) is 0 Å². The molecule has 5 bridgehead atoms. The molecule has 0 radical (unpaired) electrons. The number of carbonyl (C=O) groups is 3. The highest BCUT2D eigenvalue weighted by molar-refractivity contribution is 6.21. The number of amides is 2. The number of aliphatic hydroxyl groups is 3. The van der Waals surface area contributed by atoms with Crippen LogP contribution in [0.2, 0.25) is 0 Å². The maximum absolute atomic E-state index is 14.9. The zero-order valence-corrected chi connectivity index (χ0v) is 42.4. The number of rotatable bonds is 6. The Morgan fingerprint density at radius 1 is 0.914 bits per heavy atom. The summed E-state index contributed by atoms with van der Waals surface area (Å²) >= 11 is 0. The number of phenols is 2. The first-order valence-corrected chi connectivity index (χ1v) is 24.8. The first kappa shape index (κ1) is 52.7. The number of hydrogen-bond donors (Lipinski definition) is 6. The van der Waals surface area contributed by atoms with Crippen LogP contribution in [-0.2, 0) is 19.0 Å². The summed E-state index contributed by atoms with van der Waals surface area (Å²) in [6.45, 7) is 20.9. The summed E-state index contributed by atoms with van der Waals surface area (Å²) in [6, 6.07) is 0. The van der Waals surface area contributed by atoms with E-state index in [9.17, 15) is 39.9 Å². The second kappa shape index (κ2) is 21.3. The average molecular weight is 975 g/mol. The fourth-order valence-electron chi connectivity index (χ4n) is 10.8. The number of carbonyl (C=O) groups excluding carboxylic acids is 3. The van der Waals surface area contributed by atoms with E-state index in [1.807, 2.05) is 6.92 Å². The highest BCUT2D eigenvalue weighted by atomic mass is 16.7. The molecule has 6 aliphatic rings. The number of ether oxygens (including phenoxy) is 4. The highest BCUT2D eigenvalue weighted by Crippen LogP contribution is 2.51. The number of phenolic OH excluding ortho intramolecular Hbond substituents is 2. The van der Waals surface area contributed by atoms with Crippen LogP contribution in [0.3, 0.4) is 0 Å². The third-order valence-corrected chi connectivity index (χ3v) is 15.1. The normalized spacial score (nSPS) is 31.8. The van der Waals surface area contributed by atoms with Gasteiger partial charge in [0.05, 0.1) is 47.8 Å². The largest absolute Gasteiger partial charge is 0.507 e. The van der Waals surface area contributed by atoms with Gasteiger partial charge < -0.3 is 59.6 Å². The van der Waals surface area contributed by atoms with Gasteiger partial charge in [0, 0.05) is 113 Å². The zero-order valence-electron chi connectivity index (χ0n) is 42.4. The molecule has 18 heteroatoms. The van der Waals surface area contributed by atoms with Crippen molar-refractivity contribution in [2.24, 2.45) is 39.6 Å². The fraction of sp³-hybridized carbons (Fsp3) is 0.635. The van der Waals surface area contributed by atoms with Gasteiger partial charge in [0.15, 0.2) is 5.75 Å². The lowest BCUT2D eigenvalue weighted by Crippen LogP contribution is -2.48. The van der Waals surface area contributed by atoms with Gasteiger partial charge in [-0.15, -0.1) is 0 Å². The summed E-state index contributed by atoms with van der Waals surface area (Å²) < 4.78 is 24.9. The number of aromatic hydroxyl groups is 2. The Hall–Kier alpha value is -5.11. The Labute approximate surface area is 410 Å². The van der Waals surface area contributed by atoms with Crippen LogP contribution in [0.25, 0.3) is 10.8 Å². The van der Waals surface area contributed by atoms with Gasteiger partial charge in [-0.25, -0.2) is 9.79 Å². The quantitative estimate of drug-likeness (QED) is 0.221. The van der Waals surface area contributed by atoms with E-state index in [0.29, 0.717) is 76.7 Å². The van der Waals surface area contributed by atoms with Crippen molar-refractivity contribution in [2.75, 3.05) is 71.4 Å². The van der Waals surface area contributed by atoms with Gasteiger partial charge in [-0.05, 0) is 38.8 Å². The molecule has 8 rings (SSSR count). The minimum absolute atomic E-state index is 0.00592. The van der Waals surface area contributed by atoms with Crippen molar-refractivity contribution in [3.8, 4) is 17.2 Å². The Balaban J connectivity index is 1.33. The smallest absolute Gasteiger partial charge is 0.410 e. The molecule has 9 atom stereocenters. The van der Waals surface area contributed by atoms with E-state index >= 15 is 0 Å². The van der Waals surface area contributed by atoms with Crippen molar-refractivity contribution in [3.05, 3.63) is 58.0 Å². The number of hydrogen-bond acceptors (Lipinski definition) is 16.